The van der Waals surface area contributed by atoms with E-state index in [1.807, 2.05) is 23.6 Å². The van der Waals surface area contributed by atoms with Crippen molar-refractivity contribution >= 4 is 39.0 Å². The van der Waals surface area contributed by atoms with Gasteiger partial charge in [-0.15, -0.1) is 16.4 Å². The van der Waals surface area contributed by atoms with Crippen molar-refractivity contribution in [3.05, 3.63) is 77.7 Å². The highest BCUT2D eigenvalue weighted by Crippen LogP contribution is 2.25. The van der Waals surface area contributed by atoms with E-state index < -0.39 is 15.9 Å². The average molecular weight is 441 g/mol. The lowest BCUT2D eigenvalue weighted by Gasteiger charge is -2.19. The molecule has 0 saturated heterocycles. The number of anilines is 2. The molecule has 152 valence electrons. The lowest BCUT2D eigenvalue weighted by atomic mass is 10.2. The van der Waals surface area contributed by atoms with Crippen LogP contribution >= 0.6 is 11.3 Å². The first-order chi connectivity index (χ1) is 14.4. The van der Waals surface area contributed by atoms with E-state index in [9.17, 15) is 13.2 Å². The quantitative estimate of drug-likeness (QED) is 0.488. The average Bonchev–Trinajstić information content (AvgIpc) is 3.46. The van der Waals surface area contributed by atoms with E-state index in [1.54, 1.807) is 24.3 Å². The first kappa shape index (κ1) is 19.8. The summed E-state index contributed by atoms with van der Waals surface area (Å²) in [6.45, 7) is 0. The Balaban J connectivity index is 1.48. The number of rotatable bonds is 6. The van der Waals surface area contributed by atoms with Crippen LogP contribution in [-0.4, -0.2) is 31.6 Å². The zero-order valence-electron chi connectivity index (χ0n) is 15.7. The monoisotopic (exact) mass is 440 g/mol. The molecule has 2 aromatic carbocycles. The summed E-state index contributed by atoms with van der Waals surface area (Å²) in [5.41, 5.74) is 0.796. The van der Waals surface area contributed by atoms with Crippen molar-refractivity contribution in [2.45, 2.75) is 4.90 Å². The van der Waals surface area contributed by atoms with Gasteiger partial charge in [0.2, 0.25) is 0 Å². The van der Waals surface area contributed by atoms with Crippen molar-refractivity contribution in [1.82, 2.24) is 10.2 Å². The van der Waals surface area contributed by atoms with Crippen LogP contribution in [0.2, 0.25) is 0 Å². The molecule has 2 heterocycles. The summed E-state index contributed by atoms with van der Waals surface area (Å²) in [5.74, 6) is -0.178. The van der Waals surface area contributed by atoms with Crippen molar-refractivity contribution < 1.29 is 17.6 Å². The molecule has 0 radical (unpaired) electrons. The molecule has 1 N–H and O–H groups in total. The second-order valence-electron chi connectivity index (χ2n) is 6.18. The first-order valence-corrected chi connectivity index (χ1v) is 11.1. The Morgan fingerprint density at radius 2 is 1.73 bits per heavy atom. The van der Waals surface area contributed by atoms with Crippen molar-refractivity contribution in [3.8, 4) is 10.8 Å². The van der Waals surface area contributed by atoms with Gasteiger partial charge in [-0.2, -0.15) is 0 Å². The van der Waals surface area contributed by atoms with Crippen LogP contribution in [0.25, 0.3) is 10.8 Å². The van der Waals surface area contributed by atoms with Gasteiger partial charge in [0.15, 0.2) is 0 Å². The molecule has 4 rings (SSSR count). The number of amides is 1. The van der Waals surface area contributed by atoms with Crippen LogP contribution in [0.15, 0.2) is 81.4 Å². The highest BCUT2D eigenvalue weighted by molar-refractivity contribution is 7.92. The Bertz CT molecular complexity index is 1250. The fourth-order valence-electron chi connectivity index (χ4n) is 2.66. The van der Waals surface area contributed by atoms with Crippen LogP contribution < -0.4 is 9.62 Å². The topological polar surface area (TPSA) is 105 Å². The van der Waals surface area contributed by atoms with Crippen LogP contribution in [0.3, 0.4) is 0 Å². The third kappa shape index (κ3) is 3.95. The molecule has 8 nitrogen and oxygen atoms in total. The number of thiophene rings is 1. The van der Waals surface area contributed by atoms with Gasteiger partial charge < -0.3 is 4.42 Å². The van der Waals surface area contributed by atoms with Gasteiger partial charge in [-0.3, -0.25) is 14.4 Å². The normalized spacial score (nSPS) is 11.2. The summed E-state index contributed by atoms with van der Waals surface area (Å²) in [4.78, 5) is 13.3. The first-order valence-electron chi connectivity index (χ1n) is 8.78. The Kier molecular flexibility index (Phi) is 5.34. The molecule has 0 bridgehead atoms. The predicted octanol–water partition coefficient (Wildman–Crippen LogP) is 3.88. The maximum atomic E-state index is 12.8. The zero-order valence-corrected chi connectivity index (χ0v) is 17.4. The molecule has 10 heteroatoms. The Hall–Kier alpha value is -3.50. The number of sulfonamides is 1. The number of nitrogens with zero attached hydrogens (tertiary/aromatic N) is 3. The summed E-state index contributed by atoms with van der Waals surface area (Å²) in [5, 5.41) is 12.1. The van der Waals surface area contributed by atoms with Gasteiger partial charge in [0.1, 0.15) is 0 Å². The lowest BCUT2D eigenvalue weighted by Crippen LogP contribution is -2.26. The SMILES string of the molecule is CN(c1ccccc1)S(=O)(=O)c1ccc(C(=O)Nc2nnc(-c3cccs3)o2)cc1. The van der Waals surface area contributed by atoms with E-state index in [0.717, 1.165) is 4.88 Å². The molecular weight excluding hydrogens is 424 g/mol. The van der Waals surface area contributed by atoms with Gasteiger partial charge in [0.25, 0.3) is 21.8 Å². The van der Waals surface area contributed by atoms with Crippen LogP contribution in [0.5, 0.6) is 0 Å². The smallest absolute Gasteiger partial charge is 0.322 e. The van der Waals surface area contributed by atoms with Crippen molar-refractivity contribution in [2.24, 2.45) is 0 Å². The molecule has 0 spiro atoms. The number of hydrogen-bond donors (Lipinski definition) is 1. The molecule has 0 aliphatic carbocycles. The zero-order chi connectivity index (χ0) is 21.1. The number of aromatic nitrogens is 2. The van der Waals surface area contributed by atoms with Crippen LogP contribution in [0.4, 0.5) is 11.7 Å². The van der Waals surface area contributed by atoms with Gasteiger partial charge in [0, 0.05) is 12.6 Å². The lowest BCUT2D eigenvalue weighted by molar-refractivity contribution is 0.102. The molecule has 1 amide bonds. The minimum Gasteiger partial charge on any atom is -0.402 e. The summed E-state index contributed by atoms with van der Waals surface area (Å²) in [6, 6.07) is 18.0. The van der Waals surface area contributed by atoms with E-state index in [0.29, 0.717) is 11.6 Å². The molecule has 0 aliphatic heterocycles. The largest absolute Gasteiger partial charge is 0.402 e. The molecule has 0 aliphatic rings. The number of benzene rings is 2. The van der Waals surface area contributed by atoms with Gasteiger partial charge in [-0.1, -0.05) is 29.4 Å². The third-order valence-corrected chi connectivity index (χ3v) is 6.93. The third-order valence-electron chi connectivity index (χ3n) is 4.27. The molecular formula is C20H16N4O4S2. The molecule has 2 aromatic heterocycles. The minimum atomic E-state index is -3.75. The Morgan fingerprint density at radius 3 is 2.40 bits per heavy atom. The second-order valence-corrected chi connectivity index (χ2v) is 9.09. The van der Waals surface area contributed by atoms with Crippen molar-refractivity contribution in [1.29, 1.82) is 0 Å². The van der Waals surface area contributed by atoms with E-state index in [2.05, 4.69) is 15.5 Å². The standard InChI is InChI=1S/C20H16N4O4S2/c1-24(15-6-3-2-4-7-15)30(26,27)16-11-9-14(10-12-16)18(25)21-20-23-22-19(28-20)17-8-5-13-29-17/h2-13H,1H3,(H,21,23,25). The summed E-state index contributed by atoms with van der Waals surface area (Å²) >= 11 is 1.44. The number of carbonyl (C=O) groups excluding carboxylic acids is 1. The van der Waals surface area contributed by atoms with Crippen LogP contribution in [-0.2, 0) is 10.0 Å². The number of hydrogen-bond acceptors (Lipinski definition) is 7. The van der Waals surface area contributed by atoms with Gasteiger partial charge in [-0.25, -0.2) is 8.42 Å². The maximum absolute atomic E-state index is 12.8. The molecule has 0 saturated carbocycles. The maximum Gasteiger partial charge on any atom is 0.322 e. The molecule has 0 unspecified atom stereocenters. The fraction of sp³-hybridized carbons (Fsp3) is 0.0500. The van der Waals surface area contributed by atoms with E-state index in [-0.39, 0.29) is 16.5 Å². The summed E-state index contributed by atoms with van der Waals surface area (Å²) < 4.78 is 32.2. The number of para-hydroxylation sites is 1. The van der Waals surface area contributed by atoms with Gasteiger partial charge in [-0.05, 0) is 47.8 Å². The Morgan fingerprint density at radius 1 is 1.00 bits per heavy atom. The van der Waals surface area contributed by atoms with Crippen LogP contribution in [0.1, 0.15) is 10.4 Å². The van der Waals surface area contributed by atoms with Crippen molar-refractivity contribution in [2.75, 3.05) is 16.7 Å². The molecule has 0 atom stereocenters. The van der Waals surface area contributed by atoms with Gasteiger partial charge >= 0.3 is 6.01 Å². The number of nitrogens with one attached hydrogen (secondary N) is 1. The van der Waals surface area contributed by atoms with E-state index in [1.165, 1.54) is 47.0 Å². The molecule has 4 aromatic rings. The predicted molar refractivity (Wildman–Crippen MR) is 114 cm³/mol. The minimum absolute atomic E-state index is 0.0380. The fourth-order valence-corrected chi connectivity index (χ4v) is 4.50. The molecule has 0 fully saturated rings. The number of carbonyl (C=O) groups is 1. The summed E-state index contributed by atoms with van der Waals surface area (Å²) in [7, 11) is -2.28. The summed E-state index contributed by atoms with van der Waals surface area (Å²) in [6.07, 6.45) is 0. The van der Waals surface area contributed by atoms with Crippen LogP contribution in [0, 0.1) is 0 Å². The Labute approximate surface area is 176 Å². The van der Waals surface area contributed by atoms with Gasteiger partial charge in [0.05, 0.1) is 15.5 Å². The van der Waals surface area contributed by atoms with E-state index >= 15 is 0 Å². The van der Waals surface area contributed by atoms with Crippen molar-refractivity contribution in [3.63, 3.8) is 0 Å². The molecule has 30 heavy (non-hydrogen) atoms. The van der Waals surface area contributed by atoms with E-state index in [4.69, 9.17) is 4.42 Å². The highest BCUT2D eigenvalue weighted by Gasteiger charge is 2.22. The highest BCUT2D eigenvalue weighted by atomic mass is 32.2. The second kappa shape index (κ2) is 8.09.